The number of ether oxygens (including phenoxy) is 1. The Morgan fingerprint density at radius 1 is 1.40 bits per heavy atom. The van der Waals surface area contributed by atoms with Crippen molar-refractivity contribution in [2.24, 2.45) is 5.92 Å². The van der Waals surface area contributed by atoms with Crippen LogP contribution >= 0.6 is 0 Å². The highest BCUT2D eigenvalue weighted by Crippen LogP contribution is 2.02. The van der Waals surface area contributed by atoms with Gasteiger partial charge in [-0.25, -0.2) is 0 Å². The molecule has 0 spiro atoms. The van der Waals surface area contributed by atoms with Gasteiger partial charge in [-0.1, -0.05) is 13.8 Å². The molecule has 0 aromatic carbocycles. The van der Waals surface area contributed by atoms with Gasteiger partial charge in [0.2, 0.25) is 5.91 Å². The zero-order valence-electron chi connectivity index (χ0n) is 10.3. The van der Waals surface area contributed by atoms with Crippen molar-refractivity contribution >= 4 is 5.91 Å². The van der Waals surface area contributed by atoms with E-state index >= 15 is 0 Å². The summed E-state index contributed by atoms with van der Waals surface area (Å²) < 4.78 is 5.33. The highest BCUT2D eigenvalue weighted by molar-refractivity contribution is 5.76. The summed E-state index contributed by atoms with van der Waals surface area (Å²) in [5.41, 5.74) is 0. The van der Waals surface area contributed by atoms with Crippen LogP contribution in [0.15, 0.2) is 0 Å². The lowest BCUT2D eigenvalue weighted by atomic mass is 10.1. The van der Waals surface area contributed by atoms with Gasteiger partial charge in [0.1, 0.15) is 0 Å². The van der Waals surface area contributed by atoms with Crippen molar-refractivity contribution in [3.8, 4) is 0 Å². The van der Waals surface area contributed by atoms with Gasteiger partial charge in [-0.15, -0.1) is 0 Å². The number of hydrogen-bond donors (Lipinski definition) is 2. The van der Waals surface area contributed by atoms with E-state index in [1.165, 1.54) is 0 Å². The average molecular weight is 216 g/mol. The van der Waals surface area contributed by atoms with Crippen molar-refractivity contribution in [3.63, 3.8) is 0 Å². The third-order valence-corrected chi connectivity index (χ3v) is 2.25. The van der Waals surface area contributed by atoms with E-state index in [9.17, 15) is 4.79 Å². The largest absolute Gasteiger partial charge is 0.380 e. The molecule has 1 atom stereocenters. The number of nitrogens with one attached hydrogen (secondary N) is 2. The predicted octanol–water partition coefficient (Wildman–Crippen LogP) is 0.773. The monoisotopic (exact) mass is 216 g/mol. The molecule has 0 aliphatic carbocycles. The van der Waals surface area contributed by atoms with E-state index < -0.39 is 0 Å². The molecular weight excluding hydrogens is 192 g/mol. The lowest BCUT2D eigenvalue weighted by Crippen LogP contribution is -2.42. The second-order valence-electron chi connectivity index (χ2n) is 3.93. The molecule has 2 N–H and O–H groups in total. The third kappa shape index (κ3) is 7.33. The van der Waals surface area contributed by atoms with Gasteiger partial charge in [0.25, 0.3) is 0 Å². The number of carbonyl (C=O) groups excluding carboxylic acids is 1. The Hall–Kier alpha value is -0.610. The highest BCUT2D eigenvalue weighted by atomic mass is 16.5. The molecular formula is C11H24N2O2. The van der Waals surface area contributed by atoms with Crippen LogP contribution < -0.4 is 10.6 Å². The van der Waals surface area contributed by atoms with Crippen LogP contribution in [-0.4, -0.2) is 38.8 Å². The van der Waals surface area contributed by atoms with Gasteiger partial charge in [-0.2, -0.15) is 0 Å². The maximum Gasteiger partial charge on any atom is 0.221 e. The van der Waals surface area contributed by atoms with Crippen molar-refractivity contribution in [1.82, 2.24) is 10.6 Å². The zero-order chi connectivity index (χ0) is 11.7. The van der Waals surface area contributed by atoms with E-state index in [1.807, 2.05) is 14.0 Å². The van der Waals surface area contributed by atoms with Crippen molar-refractivity contribution in [2.75, 3.05) is 26.8 Å². The number of hydrogen-bond acceptors (Lipinski definition) is 3. The molecule has 15 heavy (non-hydrogen) atoms. The minimum atomic E-state index is 0.0859. The van der Waals surface area contributed by atoms with Gasteiger partial charge in [-0.3, -0.25) is 4.79 Å². The zero-order valence-corrected chi connectivity index (χ0v) is 10.3. The van der Waals surface area contributed by atoms with Gasteiger partial charge < -0.3 is 15.4 Å². The molecule has 4 nitrogen and oxygen atoms in total. The molecule has 1 amide bonds. The summed E-state index contributed by atoms with van der Waals surface area (Å²) in [7, 11) is 1.84. The summed E-state index contributed by atoms with van der Waals surface area (Å²) >= 11 is 0. The van der Waals surface area contributed by atoms with E-state index in [4.69, 9.17) is 4.74 Å². The summed E-state index contributed by atoms with van der Waals surface area (Å²) in [4.78, 5) is 11.5. The van der Waals surface area contributed by atoms with Crippen LogP contribution in [0.1, 0.15) is 27.2 Å². The van der Waals surface area contributed by atoms with Gasteiger partial charge in [0, 0.05) is 19.6 Å². The van der Waals surface area contributed by atoms with Crippen LogP contribution in [0.25, 0.3) is 0 Å². The lowest BCUT2D eigenvalue weighted by molar-refractivity contribution is -0.122. The summed E-state index contributed by atoms with van der Waals surface area (Å²) in [5, 5.41) is 5.93. The smallest absolute Gasteiger partial charge is 0.221 e. The maximum absolute atomic E-state index is 11.5. The molecule has 0 aromatic rings. The third-order valence-electron chi connectivity index (χ3n) is 2.25. The van der Waals surface area contributed by atoms with Crippen LogP contribution in [-0.2, 0) is 9.53 Å². The Balaban J connectivity index is 3.87. The van der Waals surface area contributed by atoms with Crippen LogP contribution in [0.2, 0.25) is 0 Å². The first-order chi connectivity index (χ1) is 7.11. The standard InChI is InChI=1S/C11H24N2O2/c1-5-15-8-10(9(2)3)13-11(14)6-7-12-4/h9-10,12H,5-8H2,1-4H3,(H,13,14). The van der Waals surface area contributed by atoms with Crippen LogP contribution in [0.3, 0.4) is 0 Å². The van der Waals surface area contributed by atoms with Crippen molar-refractivity contribution in [1.29, 1.82) is 0 Å². The SMILES string of the molecule is CCOCC(NC(=O)CCNC)C(C)C. The minimum Gasteiger partial charge on any atom is -0.380 e. The summed E-state index contributed by atoms with van der Waals surface area (Å²) in [6.45, 7) is 8.13. The molecule has 0 saturated heterocycles. The molecule has 1 unspecified atom stereocenters. The fraction of sp³-hybridized carbons (Fsp3) is 0.909. The van der Waals surface area contributed by atoms with Crippen molar-refractivity contribution in [3.05, 3.63) is 0 Å². The number of carbonyl (C=O) groups is 1. The molecule has 0 aliphatic rings. The fourth-order valence-electron chi connectivity index (χ4n) is 1.16. The molecule has 0 rings (SSSR count). The summed E-state index contributed by atoms with van der Waals surface area (Å²) in [6.07, 6.45) is 0.520. The van der Waals surface area contributed by atoms with Gasteiger partial charge in [0.05, 0.1) is 12.6 Å². The Morgan fingerprint density at radius 3 is 2.53 bits per heavy atom. The number of amides is 1. The fourth-order valence-corrected chi connectivity index (χ4v) is 1.16. The summed E-state index contributed by atoms with van der Waals surface area (Å²) in [6, 6.07) is 0.120. The van der Waals surface area contributed by atoms with E-state index in [2.05, 4.69) is 24.5 Å². The Morgan fingerprint density at radius 2 is 2.07 bits per heavy atom. The minimum absolute atomic E-state index is 0.0859. The topological polar surface area (TPSA) is 50.4 Å². The first kappa shape index (κ1) is 14.4. The van der Waals surface area contributed by atoms with Gasteiger partial charge in [0.15, 0.2) is 0 Å². The summed E-state index contributed by atoms with van der Waals surface area (Å²) in [5.74, 6) is 0.484. The Labute approximate surface area is 92.8 Å². The van der Waals surface area contributed by atoms with Crippen LogP contribution in [0.4, 0.5) is 0 Å². The Kier molecular flexibility index (Phi) is 8.33. The number of rotatable bonds is 8. The quantitative estimate of drug-likeness (QED) is 0.630. The second kappa shape index (κ2) is 8.68. The Bertz CT molecular complexity index is 172. The molecule has 90 valence electrons. The van der Waals surface area contributed by atoms with Gasteiger partial charge >= 0.3 is 0 Å². The predicted molar refractivity (Wildman–Crippen MR) is 61.8 cm³/mol. The molecule has 0 aromatic heterocycles. The molecule has 0 heterocycles. The van der Waals surface area contributed by atoms with Crippen molar-refractivity contribution < 1.29 is 9.53 Å². The van der Waals surface area contributed by atoms with E-state index in [0.717, 1.165) is 0 Å². The highest BCUT2D eigenvalue weighted by Gasteiger charge is 2.15. The molecule has 0 aliphatic heterocycles. The molecule has 0 radical (unpaired) electrons. The first-order valence-corrected chi connectivity index (χ1v) is 5.63. The average Bonchev–Trinajstić information content (AvgIpc) is 2.20. The molecule has 4 heteroatoms. The maximum atomic E-state index is 11.5. The van der Waals surface area contributed by atoms with E-state index in [0.29, 0.717) is 32.1 Å². The van der Waals surface area contributed by atoms with Crippen molar-refractivity contribution in [2.45, 2.75) is 33.2 Å². The van der Waals surface area contributed by atoms with E-state index in [1.54, 1.807) is 0 Å². The molecule has 0 fully saturated rings. The van der Waals surface area contributed by atoms with Gasteiger partial charge in [-0.05, 0) is 19.9 Å². The van der Waals surface area contributed by atoms with Crippen LogP contribution in [0.5, 0.6) is 0 Å². The van der Waals surface area contributed by atoms with Crippen LogP contribution in [0, 0.1) is 5.92 Å². The molecule has 0 bridgehead atoms. The molecule has 0 saturated carbocycles. The lowest BCUT2D eigenvalue weighted by Gasteiger charge is -2.22. The normalized spacial score (nSPS) is 12.9. The van der Waals surface area contributed by atoms with E-state index in [-0.39, 0.29) is 11.9 Å². The second-order valence-corrected chi connectivity index (χ2v) is 3.93. The first-order valence-electron chi connectivity index (χ1n) is 5.63.